The smallest absolute Gasteiger partial charge is 0.244 e. The molecule has 0 spiro atoms. The molecule has 2 rings (SSSR count). The second kappa shape index (κ2) is 10.3. The first-order chi connectivity index (χ1) is 14.2. The summed E-state index contributed by atoms with van der Waals surface area (Å²) in [6, 6.07) is 11.6. The lowest BCUT2D eigenvalue weighted by Gasteiger charge is -2.30. The molecule has 1 atom stereocenters. The molecule has 0 aliphatic carbocycles. The topological polar surface area (TPSA) is 84.9 Å². The van der Waals surface area contributed by atoms with Crippen LogP contribution in [0.2, 0.25) is 0 Å². The average Bonchev–Trinajstić information content (AvgIpc) is 2.67. The highest BCUT2D eigenvalue weighted by molar-refractivity contribution is 7.92. The summed E-state index contributed by atoms with van der Waals surface area (Å²) < 4.78 is 36.9. The van der Waals surface area contributed by atoms with Crippen LogP contribution in [0.25, 0.3) is 0 Å². The van der Waals surface area contributed by atoms with Crippen molar-refractivity contribution in [2.75, 3.05) is 30.8 Å². The summed E-state index contributed by atoms with van der Waals surface area (Å²) in [6.45, 7) is 6.31. The number of aryl methyl sites for hydroxylation is 2. The molecule has 30 heavy (non-hydrogen) atoms. The minimum atomic E-state index is -3.68. The first-order valence-corrected chi connectivity index (χ1v) is 11.6. The standard InChI is InChI=1S/C22H30N2O5S/c1-6-21(24(30(5,26)27)18-7-9-19(28-4)10-8-18)22(25)23-11-12-29-20-14-16(2)13-17(3)15-20/h7-10,13-15,21H,6,11-12H2,1-5H3,(H,23,25)/t21-/m1/s1. The third-order valence-electron chi connectivity index (χ3n) is 4.52. The van der Waals surface area contributed by atoms with Crippen molar-refractivity contribution < 1.29 is 22.7 Å². The molecule has 8 heteroatoms. The van der Waals surface area contributed by atoms with Crippen LogP contribution in [0.15, 0.2) is 42.5 Å². The molecule has 2 aromatic rings. The maximum absolute atomic E-state index is 12.8. The highest BCUT2D eigenvalue weighted by Gasteiger charge is 2.31. The summed E-state index contributed by atoms with van der Waals surface area (Å²) in [5.41, 5.74) is 2.61. The van der Waals surface area contributed by atoms with E-state index in [1.165, 1.54) is 7.11 Å². The van der Waals surface area contributed by atoms with Gasteiger partial charge in [-0.25, -0.2) is 8.42 Å². The Kier molecular flexibility index (Phi) is 8.11. The zero-order chi connectivity index (χ0) is 22.3. The maximum Gasteiger partial charge on any atom is 0.244 e. The van der Waals surface area contributed by atoms with E-state index >= 15 is 0 Å². The molecule has 0 aliphatic rings. The number of carbonyl (C=O) groups excluding carboxylic acids is 1. The lowest BCUT2D eigenvalue weighted by atomic mass is 10.1. The van der Waals surface area contributed by atoms with Crippen LogP contribution in [0, 0.1) is 13.8 Å². The summed E-state index contributed by atoms with van der Waals surface area (Å²) in [5, 5.41) is 2.78. The van der Waals surface area contributed by atoms with Gasteiger partial charge in [0.1, 0.15) is 24.1 Å². The fraction of sp³-hybridized carbons (Fsp3) is 0.409. The Morgan fingerprint density at radius 3 is 2.17 bits per heavy atom. The Morgan fingerprint density at radius 2 is 1.67 bits per heavy atom. The Labute approximate surface area is 179 Å². The Hall–Kier alpha value is -2.74. The molecule has 7 nitrogen and oxygen atoms in total. The molecule has 0 aliphatic heterocycles. The molecule has 164 valence electrons. The maximum atomic E-state index is 12.8. The Balaban J connectivity index is 2.05. The molecule has 0 bridgehead atoms. The van der Waals surface area contributed by atoms with Gasteiger partial charge in [0.05, 0.1) is 25.6 Å². The van der Waals surface area contributed by atoms with E-state index in [0.717, 1.165) is 27.4 Å². The van der Waals surface area contributed by atoms with Crippen LogP contribution in [-0.2, 0) is 14.8 Å². The normalized spacial score (nSPS) is 12.2. The van der Waals surface area contributed by atoms with Crippen LogP contribution in [0.5, 0.6) is 11.5 Å². The van der Waals surface area contributed by atoms with E-state index in [4.69, 9.17) is 9.47 Å². The summed E-state index contributed by atoms with van der Waals surface area (Å²) in [4.78, 5) is 12.8. The van der Waals surface area contributed by atoms with E-state index in [1.54, 1.807) is 31.2 Å². The Morgan fingerprint density at radius 1 is 1.07 bits per heavy atom. The van der Waals surface area contributed by atoms with E-state index in [9.17, 15) is 13.2 Å². The third-order valence-corrected chi connectivity index (χ3v) is 5.70. The van der Waals surface area contributed by atoms with Gasteiger partial charge in [-0.15, -0.1) is 0 Å². The van der Waals surface area contributed by atoms with Gasteiger partial charge in [0.15, 0.2) is 0 Å². The van der Waals surface area contributed by atoms with Crippen LogP contribution in [-0.4, -0.2) is 46.9 Å². The number of hydrogen-bond acceptors (Lipinski definition) is 5. The van der Waals surface area contributed by atoms with Gasteiger partial charge < -0.3 is 14.8 Å². The molecular formula is C22H30N2O5S. The number of hydrogen-bond donors (Lipinski definition) is 1. The molecule has 0 heterocycles. The zero-order valence-corrected chi connectivity index (χ0v) is 19.0. The van der Waals surface area contributed by atoms with Crippen molar-refractivity contribution in [2.24, 2.45) is 0 Å². The van der Waals surface area contributed by atoms with Crippen molar-refractivity contribution >= 4 is 21.6 Å². The quantitative estimate of drug-likeness (QED) is 0.581. The molecule has 0 unspecified atom stereocenters. The van der Waals surface area contributed by atoms with Crippen LogP contribution >= 0.6 is 0 Å². The Bertz CT molecular complexity index is 938. The predicted molar refractivity (Wildman–Crippen MR) is 119 cm³/mol. The molecule has 0 radical (unpaired) electrons. The minimum Gasteiger partial charge on any atom is -0.497 e. The van der Waals surface area contributed by atoms with Crippen LogP contribution in [0.4, 0.5) is 5.69 Å². The first-order valence-electron chi connectivity index (χ1n) is 9.78. The van der Waals surface area contributed by atoms with E-state index < -0.39 is 16.1 Å². The van der Waals surface area contributed by atoms with Crippen molar-refractivity contribution in [3.63, 3.8) is 0 Å². The van der Waals surface area contributed by atoms with Gasteiger partial charge >= 0.3 is 0 Å². The summed E-state index contributed by atoms with van der Waals surface area (Å²) in [6.07, 6.45) is 1.42. The summed E-state index contributed by atoms with van der Waals surface area (Å²) in [7, 11) is -2.14. The van der Waals surface area contributed by atoms with Gasteiger partial charge in [0, 0.05) is 0 Å². The SMILES string of the molecule is CC[C@H](C(=O)NCCOc1cc(C)cc(C)c1)N(c1ccc(OC)cc1)S(C)(=O)=O. The molecule has 1 N–H and O–H groups in total. The minimum absolute atomic E-state index is 0.266. The number of anilines is 1. The predicted octanol–water partition coefficient (Wildman–Crippen LogP) is 3.05. The van der Waals surface area contributed by atoms with Crippen LogP contribution in [0.3, 0.4) is 0 Å². The van der Waals surface area contributed by atoms with Gasteiger partial charge in [-0.05, 0) is 67.8 Å². The highest BCUT2D eigenvalue weighted by atomic mass is 32.2. The number of ether oxygens (including phenoxy) is 2. The van der Waals surface area contributed by atoms with Crippen molar-refractivity contribution in [1.29, 1.82) is 0 Å². The number of nitrogens with one attached hydrogen (secondary N) is 1. The lowest BCUT2D eigenvalue weighted by Crippen LogP contribution is -2.50. The molecule has 1 amide bonds. The van der Waals surface area contributed by atoms with Gasteiger partial charge in [-0.3, -0.25) is 9.10 Å². The number of benzene rings is 2. The van der Waals surface area contributed by atoms with Crippen molar-refractivity contribution in [2.45, 2.75) is 33.2 Å². The summed E-state index contributed by atoms with van der Waals surface area (Å²) in [5.74, 6) is 0.973. The molecule has 0 fully saturated rings. The van der Waals surface area contributed by atoms with Gasteiger partial charge in [0.2, 0.25) is 15.9 Å². The number of nitrogens with zero attached hydrogens (tertiary/aromatic N) is 1. The van der Waals surface area contributed by atoms with Crippen LogP contribution < -0.4 is 19.1 Å². The number of rotatable bonds is 10. The third kappa shape index (κ3) is 6.38. The van der Waals surface area contributed by atoms with Crippen molar-refractivity contribution in [3.05, 3.63) is 53.6 Å². The lowest BCUT2D eigenvalue weighted by molar-refractivity contribution is -0.122. The number of amides is 1. The highest BCUT2D eigenvalue weighted by Crippen LogP contribution is 2.25. The first kappa shape index (κ1) is 23.5. The van der Waals surface area contributed by atoms with E-state index in [1.807, 2.05) is 26.0 Å². The second-order valence-corrected chi connectivity index (χ2v) is 9.00. The van der Waals surface area contributed by atoms with Crippen molar-refractivity contribution in [1.82, 2.24) is 5.32 Å². The average molecular weight is 435 g/mol. The molecule has 0 aromatic heterocycles. The molecule has 0 saturated heterocycles. The zero-order valence-electron chi connectivity index (χ0n) is 18.1. The fourth-order valence-corrected chi connectivity index (χ4v) is 4.48. The number of sulfonamides is 1. The molecular weight excluding hydrogens is 404 g/mol. The number of carbonyl (C=O) groups is 1. The molecule has 0 saturated carbocycles. The van der Waals surface area contributed by atoms with Gasteiger partial charge in [-0.1, -0.05) is 13.0 Å². The monoisotopic (exact) mass is 434 g/mol. The second-order valence-electron chi connectivity index (χ2n) is 7.14. The van der Waals surface area contributed by atoms with E-state index in [-0.39, 0.29) is 19.1 Å². The van der Waals surface area contributed by atoms with E-state index in [0.29, 0.717) is 17.9 Å². The van der Waals surface area contributed by atoms with E-state index in [2.05, 4.69) is 11.4 Å². The molecule has 2 aromatic carbocycles. The fourth-order valence-electron chi connectivity index (χ4n) is 3.27. The number of methoxy groups -OCH3 is 1. The van der Waals surface area contributed by atoms with Crippen LogP contribution in [0.1, 0.15) is 24.5 Å². The van der Waals surface area contributed by atoms with Gasteiger partial charge in [0.25, 0.3) is 0 Å². The van der Waals surface area contributed by atoms with Gasteiger partial charge in [-0.2, -0.15) is 0 Å². The summed E-state index contributed by atoms with van der Waals surface area (Å²) >= 11 is 0. The largest absolute Gasteiger partial charge is 0.497 e. The van der Waals surface area contributed by atoms with Crippen molar-refractivity contribution in [3.8, 4) is 11.5 Å².